The molecule has 1 aliphatic heterocycles. The highest BCUT2D eigenvalue weighted by molar-refractivity contribution is 7.89. The highest BCUT2D eigenvalue weighted by Crippen LogP contribution is 2.29. The standard InChI is InChI=1S/C11H15NO5S2/c1-7-11(2,4-5-17-7)12-19(15,16)8-3-6-18-9(8)10(13)14/h3,6-7,12H,4-5H2,1-2H3,(H,13,14). The molecule has 0 aliphatic carbocycles. The zero-order valence-corrected chi connectivity index (χ0v) is 12.2. The molecule has 0 spiro atoms. The van der Waals surface area contributed by atoms with E-state index < -0.39 is 21.5 Å². The van der Waals surface area contributed by atoms with Crippen LogP contribution in [0.5, 0.6) is 0 Å². The van der Waals surface area contributed by atoms with Gasteiger partial charge in [-0.3, -0.25) is 0 Å². The van der Waals surface area contributed by atoms with Gasteiger partial charge in [-0.2, -0.15) is 0 Å². The van der Waals surface area contributed by atoms with Gasteiger partial charge in [-0.15, -0.1) is 11.3 Å². The molecule has 1 aromatic heterocycles. The molecule has 6 nitrogen and oxygen atoms in total. The molecule has 19 heavy (non-hydrogen) atoms. The van der Waals surface area contributed by atoms with Crippen LogP contribution >= 0.6 is 11.3 Å². The molecular weight excluding hydrogens is 290 g/mol. The Kier molecular flexibility index (Phi) is 3.69. The summed E-state index contributed by atoms with van der Waals surface area (Å²) in [5.41, 5.74) is -0.712. The Balaban J connectivity index is 2.33. The van der Waals surface area contributed by atoms with Crippen molar-refractivity contribution in [3.05, 3.63) is 16.3 Å². The molecule has 1 aromatic rings. The average Bonchev–Trinajstić information content (AvgIpc) is 2.87. The first kappa shape index (κ1) is 14.4. The minimum Gasteiger partial charge on any atom is -0.477 e. The van der Waals surface area contributed by atoms with Crippen LogP contribution in [0.1, 0.15) is 29.9 Å². The number of nitrogens with one attached hydrogen (secondary N) is 1. The zero-order chi connectivity index (χ0) is 14.3. The van der Waals surface area contributed by atoms with Gasteiger partial charge in [0.2, 0.25) is 10.0 Å². The molecule has 2 rings (SSSR count). The molecule has 8 heteroatoms. The smallest absolute Gasteiger partial charge is 0.347 e. The van der Waals surface area contributed by atoms with Gasteiger partial charge in [0.05, 0.1) is 11.6 Å². The Morgan fingerprint density at radius 2 is 2.32 bits per heavy atom. The van der Waals surface area contributed by atoms with E-state index in [-0.39, 0.29) is 15.9 Å². The highest BCUT2D eigenvalue weighted by atomic mass is 32.2. The normalized spacial score (nSPS) is 27.6. The van der Waals surface area contributed by atoms with Crippen LogP contribution in [0.15, 0.2) is 16.3 Å². The van der Waals surface area contributed by atoms with Crippen LogP contribution in [0.2, 0.25) is 0 Å². The molecule has 106 valence electrons. The lowest BCUT2D eigenvalue weighted by Gasteiger charge is -2.28. The first-order valence-corrected chi connectivity index (χ1v) is 8.09. The van der Waals surface area contributed by atoms with Crippen molar-refractivity contribution in [1.29, 1.82) is 0 Å². The van der Waals surface area contributed by atoms with Crippen LogP contribution < -0.4 is 4.72 Å². The number of hydrogen-bond donors (Lipinski definition) is 2. The zero-order valence-electron chi connectivity index (χ0n) is 10.5. The first-order chi connectivity index (χ1) is 8.76. The van der Waals surface area contributed by atoms with E-state index >= 15 is 0 Å². The molecule has 0 bridgehead atoms. The Hall–Kier alpha value is -0.960. The molecule has 1 aliphatic rings. The monoisotopic (exact) mass is 305 g/mol. The maximum Gasteiger partial charge on any atom is 0.347 e. The number of carbonyl (C=O) groups is 1. The van der Waals surface area contributed by atoms with Crippen LogP contribution in [0.4, 0.5) is 0 Å². The van der Waals surface area contributed by atoms with Gasteiger partial charge in [-0.25, -0.2) is 17.9 Å². The second-order valence-electron chi connectivity index (χ2n) is 4.71. The number of rotatable bonds is 4. The lowest BCUT2D eigenvalue weighted by molar-refractivity contribution is 0.0698. The van der Waals surface area contributed by atoms with Crippen LogP contribution in [0.3, 0.4) is 0 Å². The van der Waals surface area contributed by atoms with Crippen molar-refractivity contribution in [2.24, 2.45) is 0 Å². The second kappa shape index (κ2) is 4.86. The van der Waals surface area contributed by atoms with Crippen LogP contribution in [-0.2, 0) is 14.8 Å². The number of carboxylic acid groups (broad SMARTS) is 1. The summed E-state index contributed by atoms with van der Waals surface area (Å²) in [5, 5.41) is 10.4. The minimum atomic E-state index is -3.87. The molecule has 1 fully saturated rings. The van der Waals surface area contributed by atoms with Crippen LogP contribution in [0.25, 0.3) is 0 Å². The highest BCUT2D eigenvalue weighted by Gasteiger charge is 2.41. The maximum absolute atomic E-state index is 12.3. The molecule has 0 amide bonds. The van der Waals surface area contributed by atoms with Crippen molar-refractivity contribution >= 4 is 27.3 Å². The van der Waals surface area contributed by atoms with E-state index in [2.05, 4.69) is 4.72 Å². The van der Waals surface area contributed by atoms with Crippen molar-refractivity contribution in [3.63, 3.8) is 0 Å². The fraction of sp³-hybridized carbons (Fsp3) is 0.545. The van der Waals surface area contributed by atoms with Gasteiger partial charge in [0, 0.05) is 6.61 Å². The van der Waals surface area contributed by atoms with Crippen molar-refractivity contribution < 1.29 is 23.1 Å². The van der Waals surface area contributed by atoms with Gasteiger partial charge < -0.3 is 9.84 Å². The predicted molar refractivity (Wildman–Crippen MR) is 70.0 cm³/mol. The van der Waals surface area contributed by atoms with Gasteiger partial charge >= 0.3 is 5.97 Å². The van der Waals surface area contributed by atoms with Crippen molar-refractivity contribution in [2.75, 3.05) is 6.61 Å². The first-order valence-electron chi connectivity index (χ1n) is 5.73. The number of thiophene rings is 1. The van der Waals surface area contributed by atoms with Gasteiger partial charge in [-0.05, 0) is 31.7 Å². The van der Waals surface area contributed by atoms with Crippen molar-refractivity contribution in [3.8, 4) is 0 Å². The summed E-state index contributed by atoms with van der Waals surface area (Å²) < 4.78 is 32.5. The Morgan fingerprint density at radius 3 is 2.84 bits per heavy atom. The summed E-state index contributed by atoms with van der Waals surface area (Å²) in [4.78, 5) is 10.6. The maximum atomic E-state index is 12.3. The van der Waals surface area contributed by atoms with E-state index in [1.54, 1.807) is 13.8 Å². The number of sulfonamides is 1. The van der Waals surface area contributed by atoms with Crippen molar-refractivity contribution in [1.82, 2.24) is 4.72 Å². The molecule has 2 N–H and O–H groups in total. The number of aromatic carboxylic acids is 1. The lowest BCUT2D eigenvalue weighted by Crippen LogP contribution is -2.50. The molecular formula is C11H15NO5S2. The second-order valence-corrected chi connectivity index (χ2v) is 7.27. The summed E-state index contributed by atoms with van der Waals surface area (Å²) in [6, 6.07) is 1.31. The fourth-order valence-corrected chi connectivity index (χ4v) is 4.75. The summed E-state index contributed by atoms with van der Waals surface area (Å²) in [6.45, 7) is 4.03. The van der Waals surface area contributed by atoms with Crippen molar-refractivity contribution in [2.45, 2.75) is 36.8 Å². The summed E-state index contributed by atoms with van der Waals surface area (Å²) in [7, 11) is -3.87. The molecule has 0 radical (unpaired) electrons. The summed E-state index contributed by atoms with van der Waals surface area (Å²) in [6.07, 6.45) is 0.300. The Morgan fingerprint density at radius 1 is 1.63 bits per heavy atom. The van der Waals surface area contributed by atoms with Gasteiger partial charge in [0.25, 0.3) is 0 Å². The van der Waals surface area contributed by atoms with Gasteiger partial charge in [0.1, 0.15) is 9.77 Å². The minimum absolute atomic E-state index is 0.178. The summed E-state index contributed by atoms with van der Waals surface area (Å²) in [5.74, 6) is -1.24. The largest absolute Gasteiger partial charge is 0.477 e. The van der Waals surface area contributed by atoms with E-state index in [9.17, 15) is 13.2 Å². The van der Waals surface area contributed by atoms with E-state index in [4.69, 9.17) is 9.84 Å². The fourth-order valence-electron chi connectivity index (χ4n) is 2.00. The van der Waals surface area contributed by atoms with E-state index in [0.717, 1.165) is 11.3 Å². The average molecular weight is 305 g/mol. The molecule has 2 heterocycles. The predicted octanol–water partition coefficient (Wildman–Crippen LogP) is 1.29. The lowest BCUT2D eigenvalue weighted by atomic mass is 9.97. The SMILES string of the molecule is CC1OCCC1(C)NS(=O)(=O)c1ccsc1C(=O)O. The number of hydrogen-bond acceptors (Lipinski definition) is 5. The van der Waals surface area contributed by atoms with Gasteiger partial charge in [0.15, 0.2) is 0 Å². The topological polar surface area (TPSA) is 92.7 Å². The molecule has 1 saturated heterocycles. The van der Waals surface area contributed by atoms with E-state index in [0.29, 0.717) is 13.0 Å². The van der Waals surface area contributed by atoms with E-state index in [1.165, 1.54) is 11.4 Å². The van der Waals surface area contributed by atoms with Gasteiger partial charge in [-0.1, -0.05) is 0 Å². The Bertz CT molecular complexity index is 594. The third-order valence-corrected chi connectivity index (χ3v) is 6.05. The molecule has 0 aromatic carbocycles. The third-order valence-electron chi connectivity index (χ3n) is 3.37. The Labute approximate surface area is 115 Å². The molecule has 2 unspecified atom stereocenters. The summed E-state index contributed by atoms with van der Waals surface area (Å²) >= 11 is 0.892. The quantitative estimate of drug-likeness (QED) is 0.874. The molecule has 0 saturated carbocycles. The van der Waals surface area contributed by atoms with Crippen LogP contribution in [0, 0.1) is 0 Å². The third kappa shape index (κ3) is 2.66. The van der Waals surface area contributed by atoms with Crippen LogP contribution in [-0.4, -0.2) is 37.7 Å². The molecule has 2 atom stereocenters. The number of ether oxygens (including phenoxy) is 1. The van der Waals surface area contributed by atoms with E-state index in [1.807, 2.05) is 0 Å². The number of carboxylic acids is 1.